The fraction of sp³-hybridized carbons (Fsp3) is 0.706. The molecule has 0 atom stereocenters. The highest BCUT2D eigenvalue weighted by atomic mass is 15.2. The van der Waals surface area contributed by atoms with Crippen LogP contribution in [-0.2, 0) is 6.54 Å². The fourth-order valence-electron chi connectivity index (χ4n) is 2.73. The predicted molar refractivity (Wildman–Crippen MR) is 84.1 cm³/mol. The third-order valence-electron chi connectivity index (χ3n) is 4.31. The van der Waals surface area contributed by atoms with Gasteiger partial charge in [-0.25, -0.2) is 0 Å². The highest BCUT2D eigenvalue weighted by Gasteiger charge is 2.30. The Morgan fingerprint density at radius 1 is 1.30 bits per heavy atom. The summed E-state index contributed by atoms with van der Waals surface area (Å²) in [4.78, 5) is 7.15. The lowest BCUT2D eigenvalue weighted by molar-refractivity contribution is 0.670. The van der Waals surface area contributed by atoms with E-state index in [1.807, 2.05) is 0 Å². The summed E-state index contributed by atoms with van der Waals surface area (Å²) in [5.41, 5.74) is 3.95. The zero-order chi connectivity index (χ0) is 13.9. The smallest absolute Gasteiger partial charge is 0.0448 e. The van der Waals surface area contributed by atoms with Gasteiger partial charge in [0, 0.05) is 48.3 Å². The summed E-state index contributed by atoms with van der Waals surface area (Å²) in [6.45, 7) is 6.55. The van der Waals surface area contributed by atoms with Crippen LogP contribution in [-0.4, -0.2) is 23.6 Å². The topological polar surface area (TPSA) is 28.2 Å². The standard InChI is InChI=1S/C17H27N3/c1-3-4-9-20(16-7-8-16)17-10-13(2)18-11-14(17)12-19-15-5-6-15/h10-11,15-16,19H,3-9,12H2,1-2H3. The number of nitrogens with one attached hydrogen (secondary N) is 1. The number of hydrogen-bond donors (Lipinski definition) is 1. The SMILES string of the molecule is CCCCN(c1cc(C)ncc1CNC1CC1)C1CC1. The number of aromatic nitrogens is 1. The van der Waals surface area contributed by atoms with Crippen LogP contribution in [0.5, 0.6) is 0 Å². The fourth-order valence-corrected chi connectivity index (χ4v) is 2.73. The van der Waals surface area contributed by atoms with Gasteiger partial charge in [-0.15, -0.1) is 0 Å². The lowest BCUT2D eigenvalue weighted by Crippen LogP contribution is -2.29. The molecule has 3 rings (SSSR count). The molecule has 2 aliphatic carbocycles. The first-order valence-electron chi connectivity index (χ1n) is 8.23. The first kappa shape index (κ1) is 13.9. The average molecular weight is 273 g/mol. The second kappa shape index (κ2) is 6.13. The molecule has 1 aromatic heterocycles. The lowest BCUT2D eigenvalue weighted by atomic mass is 10.1. The number of pyridine rings is 1. The van der Waals surface area contributed by atoms with Gasteiger partial charge in [0.2, 0.25) is 0 Å². The highest BCUT2D eigenvalue weighted by molar-refractivity contribution is 5.55. The normalized spacial score (nSPS) is 18.3. The van der Waals surface area contributed by atoms with Crippen LogP contribution < -0.4 is 10.2 Å². The van der Waals surface area contributed by atoms with E-state index >= 15 is 0 Å². The average Bonchev–Trinajstić information content (AvgIpc) is 3.31. The molecule has 110 valence electrons. The Balaban J connectivity index is 1.77. The summed E-state index contributed by atoms with van der Waals surface area (Å²) in [6.07, 6.45) is 10.0. The Kier molecular flexibility index (Phi) is 4.25. The van der Waals surface area contributed by atoms with Crippen LogP contribution in [0.2, 0.25) is 0 Å². The van der Waals surface area contributed by atoms with Crippen LogP contribution in [0.15, 0.2) is 12.3 Å². The van der Waals surface area contributed by atoms with Crippen LogP contribution in [0.3, 0.4) is 0 Å². The number of anilines is 1. The number of nitrogens with zero attached hydrogens (tertiary/aromatic N) is 2. The van der Waals surface area contributed by atoms with Crippen molar-refractivity contribution in [3.05, 3.63) is 23.5 Å². The van der Waals surface area contributed by atoms with Crippen LogP contribution in [0.4, 0.5) is 5.69 Å². The second-order valence-corrected chi connectivity index (χ2v) is 6.39. The van der Waals surface area contributed by atoms with Gasteiger partial charge in [0.1, 0.15) is 0 Å². The molecule has 0 aliphatic heterocycles. The summed E-state index contributed by atoms with van der Waals surface area (Å²) in [7, 11) is 0. The Labute approximate surface area is 122 Å². The minimum Gasteiger partial charge on any atom is -0.368 e. The van der Waals surface area contributed by atoms with E-state index in [0.29, 0.717) is 0 Å². The van der Waals surface area contributed by atoms with Crippen molar-refractivity contribution in [3.63, 3.8) is 0 Å². The first-order chi connectivity index (χ1) is 9.78. The molecule has 3 heteroatoms. The molecule has 0 aromatic carbocycles. The van der Waals surface area contributed by atoms with Gasteiger partial charge >= 0.3 is 0 Å². The van der Waals surface area contributed by atoms with E-state index in [-0.39, 0.29) is 0 Å². The summed E-state index contributed by atoms with van der Waals surface area (Å²) in [5, 5.41) is 3.64. The number of rotatable bonds is 8. The molecule has 2 fully saturated rings. The van der Waals surface area contributed by atoms with E-state index in [1.54, 1.807) is 0 Å². The maximum Gasteiger partial charge on any atom is 0.0448 e. The number of unbranched alkanes of at least 4 members (excludes halogenated alkanes) is 1. The van der Waals surface area contributed by atoms with Crippen molar-refractivity contribution in [1.82, 2.24) is 10.3 Å². The van der Waals surface area contributed by atoms with E-state index in [2.05, 4.69) is 41.3 Å². The van der Waals surface area contributed by atoms with Gasteiger partial charge in [-0.05, 0) is 45.1 Å². The molecule has 0 spiro atoms. The van der Waals surface area contributed by atoms with Crippen molar-refractivity contribution in [2.24, 2.45) is 0 Å². The minimum absolute atomic E-state index is 0.758. The molecular formula is C17H27N3. The van der Waals surface area contributed by atoms with Gasteiger partial charge in [-0.2, -0.15) is 0 Å². The molecule has 1 heterocycles. The van der Waals surface area contributed by atoms with E-state index < -0.39 is 0 Å². The van der Waals surface area contributed by atoms with Crippen molar-refractivity contribution < 1.29 is 0 Å². The minimum atomic E-state index is 0.758. The highest BCUT2D eigenvalue weighted by Crippen LogP contribution is 2.34. The van der Waals surface area contributed by atoms with Crippen LogP contribution in [0, 0.1) is 6.92 Å². The van der Waals surface area contributed by atoms with Crippen molar-refractivity contribution in [2.45, 2.75) is 71.0 Å². The van der Waals surface area contributed by atoms with Crippen molar-refractivity contribution in [1.29, 1.82) is 0 Å². The molecule has 0 saturated heterocycles. The Bertz CT molecular complexity index is 450. The van der Waals surface area contributed by atoms with Gasteiger partial charge < -0.3 is 10.2 Å². The largest absolute Gasteiger partial charge is 0.368 e. The summed E-state index contributed by atoms with van der Waals surface area (Å²) in [6, 6.07) is 3.83. The zero-order valence-corrected chi connectivity index (χ0v) is 12.9. The molecule has 3 nitrogen and oxygen atoms in total. The zero-order valence-electron chi connectivity index (χ0n) is 12.9. The molecule has 1 aromatic rings. The van der Waals surface area contributed by atoms with Crippen LogP contribution >= 0.6 is 0 Å². The van der Waals surface area contributed by atoms with E-state index in [4.69, 9.17) is 0 Å². The molecule has 0 amide bonds. The van der Waals surface area contributed by atoms with Gasteiger partial charge in [0.05, 0.1) is 0 Å². The van der Waals surface area contributed by atoms with E-state index in [9.17, 15) is 0 Å². The quantitative estimate of drug-likeness (QED) is 0.786. The van der Waals surface area contributed by atoms with Crippen molar-refractivity contribution in [2.75, 3.05) is 11.4 Å². The summed E-state index contributed by atoms with van der Waals surface area (Å²) < 4.78 is 0. The van der Waals surface area contributed by atoms with Gasteiger partial charge in [0.25, 0.3) is 0 Å². The first-order valence-corrected chi connectivity index (χ1v) is 8.23. The maximum absolute atomic E-state index is 4.51. The molecule has 2 aliphatic rings. The Morgan fingerprint density at radius 3 is 2.75 bits per heavy atom. The van der Waals surface area contributed by atoms with Gasteiger partial charge in [-0.3, -0.25) is 4.98 Å². The Hall–Kier alpha value is -1.09. The molecule has 0 radical (unpaired) electrons. The third kappa shape index (κ3) is 3.51. The summed E-state index contributed by atoms with van der Waals surface area (Å²) >= 11 is 0. The van der Waals surface area contributed by atoms with E-state index in [1.165, 1.54) is 56.3 Å². The molecule has 1 N–H and O–H groups in total. The molecule has 0 bridgehead atoms. The lowest BCUT2D eigenvalue weighted by Gasteiger charge is -2.27. The van der Waals surface area contributed by atoms with Crippen LogP contribution in [0.25, 0.3) is 0 Å². The molecular weight excluding hydrogens is 246 g/mol. The molecule has 0 unspecified atom stereocenters. The maximum atomic E-state index is 4.51. The van der Waals surface area contributed by atoms with E-state index in [0.717, 1.165) is 24.3 Å². The molecule has 2 saturated carbocycles. The van der Waals surface area contributed by atoms with Gasteiger partial charge in [0.15, 0.2) is 0 Å². The van der Waals surface area contributed by atoms with Gasteiger partial charge in [-0.1, -0.05) is 13.3 Å². The van der Waals surface area contributed by atoms with Crippen LogP contribution in [0.1, 0.15) is 56.7 Å². The Morgan fingerprint density at radius 2 is 2.10 bits per heavy atom. The predicted octanol–water partition coefficient (Wildman–Crippen LogP) is 3.41. The monoisotopic (exact) mass is 273 g/mol. The summed E-state index contributed by atoms with van der Waals surface area (Å²) in [5.74, 6) is 0. The number of hydrogen-bond acceptors (Lipinski definition) is 3. The van der Waals surface area contributed by atoms with Crippen molar-refractivity contribution >= 4 is 5.69 Å². The van der Waals surface area contributed by atoms with Crippen molar-refractivity contribution in [3.8, 4) is 0 Å². The molecule has 20 heavy (non-hydrogen) atoms. The number of aryl methyl sites for hydroxylation is 1. The third-order valence-corrected chi connectivity index (χ3v) is 4.31. The second-order valence-electron chi connectivity index (χ2n) is 6.39.